The summed E-state index contributed by atoms with van der Waals surface area (Å²) in [5.74, 6) is -1.17. The van der Waals surface area contributed by atoms with Crippen LogP contribution in [0, 0.1) is 11.8 Å². The number of carbonyl (C=O) groups excluding carboxylic acids is 1. The second-order valence-corrected chi connectivity index (χ2v) is 6.29. The Bertz CT molecular complexity index is 719. The fourth-order valence-corrected chi connectivity index (χ4v) is 3.30. The lowest BCUT2D eigenvalue weighted by molar-refractivity contribution is -0.143. The third kappa shape index (κ3) is 3.65. The highest BCUT2D eigenvalue weighted by molar-refractivity contribution is 5.96. The molecular weight excluding hydrogens is 302 g/mol. The third-order valence-electron chi connectivity index (χ3n) is 4.72. The Balaban J connectivity index is 1.71. The van der Waals surface area contributed by atoms with E-state index in [9.17, 15) is 9.59 Å². The highest BCUT2D eigenvalue weighted by atomic mass is 16.4. The van der Waals surface area contributed by atoms with Gasteiger partial charge in [0.1, 0.15) is 0 Å². The standard InChI is InChI=1S/C20H21NO3/c22-19(15-10-12-16(13-11-15)20(23)24)21-18-9-5-4-8-17(18)14-6-2-1-3-7-14/h1-9,15-16H,10-13H2,(H,21,22)(H,23,24). The van der Waals surface area contributed by atoms with Gasteiger partial charge in [-0.25, -0.2) is 0 Å². The first-order valence-electron chi connectivity index (χ1n) is 8.33. The van der Waals surface area contributed by atoms with Crippen molar-refractivity contribution < 1.29 is 14.7 Å². The van der Waals surface area contributed by atoms with Gasteiger partial charge in [0.2, 0.25) is 5.91 Å². The molecule has 3 rings (SSSR count). The van der Waals surface area contributed by atoms with Crippen LogP contribution in [0.3, 0.4) is 0 Å². The number of nitrogens with one attached hydrogen (secondary N) is 1. The lowest BCUT2D eigenvalue weighted by Gasteiger charge is -2.25. The summed E-state index contributed by atoms with van der Waals surface area (Å²) in [6, 6.07) is 17.7. The molecule has 0 aliphatic heterocycles. The maximum Gasteiger partial charge on any atom is 0.306 e. The van der Waals surface area contributed by atoms with Gasteiger partial charge in [0.05, 0.1) is 5.92 Å². The molecule has 0 atom stereocenters. The van der Waals surface area contributed by atoms with E-state index in [4.69, 9.17) is 5.11 Å². The smallest absolute Gasteiger partial charge is 0.306 e. The van der Waals surface area contributed by atoms with Crippen molar-refractivity contribution in [3.8, 4) is 11.1 Å². The molecule has 2 aromatic carbocycles. The number of para-hydroxylation sites is 1. The number of aliphatic carboxylic acids is 1. The molecule has 1 fully saturated rings. The molecule has 0 bridgehead atoms. The van der Waals surface area contributed by atoms with Gasteiger partial charge >= 0.3 is 5.97 Å². The van der Waals surface area contributed by atoms with Crippen LogP contribution in [0.15, 0.2) is 54.6 Å². The van der Waals surface area contributed by atoms with Gasteiger partial charge in [-0.05, 0) is 37.3 Å². The number of benzene rings is 2. The van der Waals surface area contributed by atoms with E-state index in [0.29, 0.717) is 25.7 Å². The van der Waals surface area contributed by atoms with E-state index in [2.05, 4.69) is 5.32 Å². The van der Waals surface area contributed by atoms with Crippen LogP contribution in [0.25, 0.3) is 11.1 Å². The second kappa shape index (κ2) is 7.30. The second-order valence-electron chi connectivity index (χ2n) is 6.29. The molecule has 2 N–H and O–H groups in total. The number of carboxylic acids is 1. The van der Waals surface area contributed by atoms with E-state index in [1.165, 1.54) is 0 Å². The Hall–Kier alpha value is -2.62. The van der Waals surface area contributed by atoms with Crippen LogP contribution in [0.2, 0.25) is 0 Å². The zero-order valence-electron chi connectivity index (χ0n) is 13.4. The van der Waals surface area contributed by atoms with E-state index >= 15 is 0 Å². The molecule has 1 aliphatic rings. The zero-order chi connectivity index (χ0) is 16.9. The molecule has 24 heavy (non-hydrogen) atoms. The normalized spacial score (nSPS) is 20.3. The largest absolute Gasteiger partial charge is 0.481 e. The number of hydrogen-bond donors (Lipinski definition) is 2. The Morgan fingerprint density at radius 3 is 2.08 bits per heavy atom. The van der Waals surface area contributed by atoms with Crippen LogP contribution in [-0.2, 0) is 9.59 Å². The van der Waals surface area contributed by atoms with Gasteiger partial charge in [-0.15, -0.1) is 0 Å². The number of anilines is 1. The van der Waals surface area contributed by atoms with Crippen LogP contribution < -0.4 is 5.32 Å². The lowest BCUT2D eigenvalue weighted by Crippen LogP contribution is -2.29. The zero-order valence-corrected chi connectivity index (χ0v) is 13.4. The van der Waals surface area contributed by atoms with Crippen molar-refractivity contribution in [2.24, 2.45) is 11.8 Å². The van der Waals surface area contributed by atoms with Crippen molar-refractivity contribution in [1.82, 2.24) is 0 Å². The number of amides is 1. The topological polar surface area (TPSA) is 66.4 Å². The van der Waals surface area contributed by atoms with Crippen molar-refractivity contribution in [2.75, 3.05) is 5.32 Å². The summed E-state index contributed by atoms with van der Waals surface area (Å²) >= 11 is 0. The summed E-state index contributed by atoms with van der Waals surface area (Å²) in [6.07, 6.45) is 2.42. The van der Waals surface area contributed by atoms with Gasteiger partial charge in [0.25, 0.3) is 0 Å². The molecule has 1 saturated carbocycles. The molecule has 0 saturated heterocycles. The molecule has 0 heterocycles. The van der Waals surface area contributed by atoms with Crippen LogP contribution >= 0.6 is 0 Å². The van der Waals surface area contributed by atoms with Crippen LogP contribution in [0.4, 0.5) is 5.69 Å². The minimum absolute atomic E-state index is 0.0118. The molecule has 1 amide bonds. The minimum atomic E-state index is -0.747. The van der Waals surface area contributed by atoms with Crippen LogP contribution in [0.1, 0.15) is 25.7 Å². The quantitative estimate of drug-likeness (QED) is 0.887. The third-order valence-corrected chi connectivity index (χ3v) is 4.72. The molecule has 0 aromatic heterocycles. The van der Waals surface area contributed by atoms with E-state index < -0.39 is 5.97 Å². The summed E-state index contributed by atoms with van der Waals surface area (Å²) in [5.41, 5.74) is 2.85. The number of carboxylic acid groups (broad SMARTS) is 1. The monoisotopic (exact) mass is 323 g/mol. The SMILES string of the molecule is O=C(O)C1CCC(C(=O)Nc2ccccc2-c2ccccc2)CC1. The van der Waals surface area contributed by atoms with Gasteiger partial charge in [-0.2, -0.15) is 0 Å². The predicted octanol–water partition coefficient (Wildman–Crippen LogP) is 4.18. The summed E-state index contributed by atoms with van der Waals surface area (Å²) in [7, 11) is 0. The van der Waals surface area contributed by atoms with Gasteiger partial charge < -0.3 is 10.4 Å². The van der Waals surface area contributed by atoms with Gasteiger partial charge in [0, 0.05) is 17.2 Å². The molecule has 1 aliphatic carbocycles. The Morgan fingerprint density at radius 1 is 0.833 bits per heavy atom. The highest BCUT2D eigenvalue weighted by Gasteiger charge is 2.29. The molecule has 124 valence electrons. The summed E-state index contributed by atoms with van der Waals surface area (Å²) in [5, 5.41) is 12.1. The van der Waals surface area contributed by atoms with Gasteiger partial charge in [-0.1, -0.05) is 48.5 Å². The van der Waals surface area contributed by atoms with Gasteiger partial charge in [-0.3, -0.25) is 9.59 Å². The molecular formula is C20H21NO3. The molecule has 4 heteroatoms. The first-order chi connectivity index (χ1) is 11.6. The average Bonchev–Trinajstić information content (AvgIpc) is 2.63. The highest BCUT2D eigenvalue weighted by Crippen LogP contribution is 2.32. The molecule has 2 aromatic rings. The lowest BCUT2D eigenvalue weighted by atomic mass is 9.81. The van der Waals surface area contributed by atoms with E-state index in [-0.39, 0.29) is 17.7 Å². The van der Waals surface area contributed by atoms with Gasteiger partial charge in [0.15, 0.2) is 0 Å². The van der Waals surface area contributed by atoms with Crippen molar-refractivity contribution in [3.63, 3.8) is 0 Å². The molecule has 0 unspecified atom stereocenters. The van der Waals surface area contributed by atoms with Crippen LogP contribution in [0.5, 0.6) is 0 Å². The van der Waals surface area contributed by atoms with Crippen molar-refractivity contribution >= 4 is 17.6 Å². The minimum Gasteiger partial charge on any atom is -0.481 e. The maximum absolute atomic E-state index is 12.6. The van der Waals surface area contributed by atoms with E-state index in [1.54, 1.807) is 0 Å². The maximum atomic E-state index is 12.6. The number of rotatable bonds is 4. The van der Waals surface area contributed by atoms with Crippen molar-refractivity contribution in [2.45, 2.75) is 25.7 Å². The first kappa shape index (κ1) is 16.2. The summed E-state index contributed by atoms with van der Waals surface area (Å²) < 4.78 is 0. The van der Waals surface area contributed by atoms with E-state index in [0.717, 1.165) is 16.8 Å². The molecule has 4 nitrogen and oxygen atoms in total. The summed E-state index contributed by atoms with van der Waals surface area (Å²) in [4.78, 5) is 23.6. The number of hydrogen-bond acceptors (Lipinski definition) is 2. The molecule has 0 spiro atoms. The average molecular weight is 323 g/mol. The Labute approximate surface area is 141 Å². The first-order valence-corrected chi connectivity index (χ1v) is 8.33. The fourth-order valence-electron chi connectivity index (χ4n) is 3.30. The Morgan fingerprint density at radius 2 is 1.42 bits per heavy atom. The number of carbonyl (C=O) groups is 2. The molecule has 0 radical (unpaired) electrons. The van der Waals surface area contributed by atoms with Crippen LogP contribution in [-0.4, -0.2) is 17.0 Å². The predicted molar refractivity (Wildman–Crippen MR) is 93.6 cm³/mol. The van der Waals surface area contributed by atoms with Crippen molar-refractivity contribution in [3.05, 3.63) is 54.6 Å². The van der Waals surface area contributed by atoms with E-state index in [1.807, 2.05) is 54.6 Å². The fraction of sp³-hybridized carbons (Fsp3) is 0.300. The Kier molecular flexibility index (Phi) is 4.94. The summed E-state index contributed by atoms with van der Waals surface area (Å²) in [6.45, 7) is 0. The van der Waals surface area contributed by atoms with Crippen molar-refractivity contribution in [1.29, 1.82) is 0 Å².